The van der Waals surface area contributed by atoms with Crippen LogP contribution in [0, 0.1) is 11.8 Å². The van der Waals surface area contributed by atoms with Crippen molar-refractivity contribution < 1.29 is 9.59 Å². The van der Waals surface area contributed by atoms with E-state index in [2.05, 4.69) is 22.0 Å². The van der Waals surface area contributed by atoms with E-state index in [0.29, 0.717) is 12.8 Å². The predicted octanol–water partition coefficient (Wildman–Crippen LogP) is 4.46. The Hall–Kier alpha value is -1.58. The number of unbranched alkanes of at least 4 members (excludes halogenated alkanes) is 1. The third-order valence-electron chi connectivity index (χ3n) is 7.35. The second-order valence-electron chi connectivity index (χ2n) is 9.23. The van der Waals surface area contributed by atoms with Gasteiger partial charge in [-0.3, -0.25) is 9.59 Å². The van der Waals surface area contributed by atoms with Gasteiger partial charge in [-0.25, -0.2) is 0 Å². The number of carbonyl (C=O) groups is 2. The number of amides is 2. The van der Waals surface area contributed by atoms with Crippen molar-refractivity contribution in [2.45, 2.75) is 77.0 Å². The van der Waals surface area contributed by atoms with E-state index in [9.17, 15) is 9.59 Å². The van der Waals surface area contributed by atoms with E-state index >= 15 is 0 Å². The van der Waals surface area contributed by atoms with E-state index in [1.807, 2.05) is 0 Å². The molecule has 154 valence electrons. The number of likely N-dealkylation sites (tertiary alicyclic amines) is 2. The topological polar surface area (TPSA) is 40.6 Å². The quantitative estimate of drug-likeness (QED) is 0.518. The van der Waals surface area contributed by atoms with Gasteiger partial charge in [0.05, 0.1) is 0 Å². The van der Waals surface area contributed by atoms with Crippen molar-refractivity contribution in [3.63, 3.8) is 0 Å². The van der Waals surface area contributed by atoms with Gasteiger partial charge in [0, 0.05) is 39.0 Å². The molecule has 2 atom stereocenters. The fourth-order valence-corrected chi connectivity index (χ4v) is 5.57. The molecular weight excluding hydrogens is 348 g/mol. The zero-order valence-corrected chi connectivity index (χ0v) is 17.3. The fraction of sp³-hybridized carbons (Fsp3) is 0.750. The van der Waals surface area contributed by atoms with Crippen molar-refractivity contribution in [1.29, 1.82) is 0 Å². The first-order valence-corrected chi connectivity index (χ1v) is 11.6. The van der Waals surface area contributed by atoms with Gasteiger partial charge in [-0.05, 0) is 76.0 Å². The molecule has 2 heterocycles. The number of hydrogen-bond acceptors (Lipinski definition) is 2. The maximum atomic E-state index is 12.6. The molecule has 0 N–H and O–H groups in total. The smallest absolute Gasteiger partial charge is 0.222 e. The maximum Gasteiger partial charge on any atom is 0.222 e. The van der Waals surface area contributed by atoms with Gasteiger partial charge in [-0.1, -0.05) is 23.3 Å². The van der Waals surface area contributed by atoms with Crippen molar-refractivity contribution in [2.75, 3.05) is 26.2 Å². The van der Waals surface area contributed by atoms with Crippen molar-refractivity contribution in [3.8, 4) is 0 Å². The van der Waals surface area contributed by atoms with Gasteiger partial charge in [0.25, 0.3) is 0 Å². The molecule has 2 amide bonds. The van der Waals surface area contributed by atoms with Crippen LogP contribution in [0.3, 0.4) is 0 Å². The largest absolute Gasteiger partial charge is 0.339 e. The molecule has 4 heteroatoms. The van der Waals surface area contributed by atoms with Gasteiger partial charge in [0.2, 0.25) is 11.8 Å². The Balaban J connectivity index is 1.15. The molecule has 4 aliphatic rings. The zero-order chi connectivity index (χ0) is 19.3. The highest BCUT2D eigenvalue weighted by molar-refractivity contribution is 5.78. The normalized spacial score (nSPS) is 27.4. The van der Waals surface area contributed by atoms with Crippen LogP contribution in [0.5, 0.6) is 0 Å². The summed E-state index contributed by atoms with van der Waals surface area (Å²) < 4.78 is 0. The highest BCUT2D eigenvalue weighted by Crippen LogP contribution is 2.33. The van der Waals surface area contributed by atoms with Crippen LogP contribution in [0.1, 0.15) is 77.0 Å². The van der Waals surface area contributed by atoms with E-state index in [1.165, 1.54) is 49.7 Å². The standard InChI is InChI=1S/C24H36N2O2/c27-23(25-15-13-19-7-1-3-9-21(19)17-25)11-5-6-12-24(28)26-16-14-20-8-2-4-10-22(20)18-26/h9-10,19-20H,1-8,11-18H2. The van der Waals surface area contributed by atoms with E-state index < -0.39 is 0 Å². The van der Waals surface area contributed by atoms with E-state index in [-0.39, 0.29) is 11.8 Å². The van der Waals surface area contributed by atoms with Gasteiger partial charge in [0.1, 0.15) is 0 Å². The zero-order valence-electron chi connectivity index (χ0n) is 17.3. The molecule has 0 saturated carbocycles. The first-order chi connectivity index (χ1) is 13.7. The van der Waals surface area contributed by atoms with Gasteiger partial charge >= 0.3 is 0 Å². The first-order valence-electron chi connectivity index (χ1n) is 11.6. The summed E-state index contributed by atoms with van der Waals surface area (Å²) in [6, 6.07) is 0. The summed E-state index contributed by atoms with van der Waals surface area (Å²) in [4.78, 5) is 29.2. The molecule has 4 rings (SSSR count). The number of carbonyl (C=O) groups excluding carboxylic acids is 2. The molecule has 4 nitrogen and oxygen atoms in total. The Morgan fingerprint density at radius 1 is 0.750 bits per heavy atom. The lowest BCUT2D eigenvalue weighted by atomic mass is 9.82. The van der Waals surface area contributed by atoms with Gasteiger partial charge < -0.3 is 9.80 Å². The van der Waals surface area contributed by atoms with Crippen LogP contribution in [0.15, 0.2) is 23.3 Å². The lowest BCUT2D eigenvalue weighted by Gasteiger charge is -2.36. The Bertz CT molecular complexity index is 595. The molecule has 2 saturated heterocycles. The molecule has 0 aromatic heterocycles. The van der Waals surface area contributed by atoms with E-state index in [1.54, 1.807) is 0 Å². The predicted molar refractivity (Wildman–Crippen MR) is 112 cm³/mol. The third-order valence-corrected chi connectivity index (χ3v) is 7.35. The van der Waals surface area contributed by atoms with Gasteiger partial charge in [-0.2, -0.15) is 0 Å². The molecule has 0 radical (unpaired) electrons. The molecule has 2 aliphatic carbocycles. The molecule has 28 heavy (non-hydrogen) atoms. The van der Waals surface area contributed by atoms with E-state index in [4.69, 9.17) is 0 Å². The number of fused-ring (bicyclic) bond motifs is 2. The van der Waals surface area contributed by atoms with Crippen LogP contribution in [-0.2, 0) is 9.59 Å². The molecule has 0 bridgehead atoms. The van der Waals surface area contributed by atoms with Crippen LogP contribution in [0.25, 0.3) is 0 Å². The second-order valence-corrected chi connectivity index (χ2v) is 9.23. The average Bonchev–Trinajstić information content (AvgIpc) is 2.75. The summed E-state index contributed by atoms with van der Waals surface area (Å²) in [5.74, 6) is 2.04. The number of allylic oxidation sites excluding steroid dienone is 2. The summed E-state index contributed by atoms with van der Waals surface area (Å²) in [6.45, 7) is 3.55. The Morgan fingerprint density at radius 2 is 1.21 bits per heavy atom. The first kappa shape index (κ1) is 19.7. The van der Waals surface area contributed by atoms with E-state index in [0.717, 1.165) is 63.7 Å². The number of piperidine rings is 2. The molecule has 2 aliphatic heterocycles. The van der Waals surface area contributed by atoms with Crippen LogP contribution in [-0.4, -0.2) is 47.8 Å². The van der Waals surface area contributed by atoms with Crippen LogP contribution in [0.4, 0.5) is 0 Å². The summed E-state index contributed by atoms with van der Waals surface area (Å²) in [7, 11) is 0. The molecular formula is C24H36N2O2. The van der Waals surface area contributed by atoms with Crippen molar-refractivity contribution >= 4 is 11.8 Å². The molecule has 0 spiro atoms. The van der Waals surface area contributed by atoms with Crippen molar-refractivity contribution in [3.05, 3.63) is 23.3 Å². The summed E-state index contributed by atoms with van der Waals surface area (Å²) in [6.07, 6.45) is 17.5. The number of hydrogen-bond donors (Lipinski definition) is 0. The molecule has 0 aromatic rings. The Morgan fingerprint density at radius 3 is 1.68 bits per heavy atom. The SMILES string of the molecule is O=C(CCCCC(=O)N1CCC2CCCC=C2C1)N1CCC2CCCC=C2C1. The highest BCUT2D eigenvalue weighted by Gasteiger charge is 2.29. The summed E-state index contributed by atoms with van der Waals surface area (Å²) >= 11 is 0. The van der Waals surface area contributed by atoms with Crippen molar-refractivity contribution in [1.82, 2.24) is 9.80 Å². The highest BCUT2D eigenvalue weighted by atomic mass is 16.2. The third kappa shape index (κ3) is 4.69. The maximum absolute atomic E-state index is 12.6. The molecule has 2 fully saturated rings. The lowest BCUT2D eigenvalue weighted by Crippen LogP contribution is -2.41. The molecule has 2 unspecified atom stereocenters. The van der Waals surface area contributed by atoms with Gasteiger partial charge in [0.15, 0.2) is 0 Å². The average molecular weight is 385 g/mol. The summed E-state index contributed by atoms with van der Waals surface area (Å²) in [5.41, 5.74) is 3.00. The fourth-order valence-electron chi connectivity index (χ4n) is 5.57. The Labute approximate surface area is 170 Å². The second kappa shape index (κ2) is 9.28. The molecule has 0 aromatic carbocycles. The lowest BCUT2D eigenvalue weighted by molar-refractivity contribution is -0.133. The minimum atomic E-state index is 0.283. The summed E-state index contributed by atoms with van der Waals surface area (Å²) in [5, 5.41) is 0. The van der Waals surface area contributed by atoms with Crippen molar-refractivity contribution in [2.24, 2.45) is 11.8 Å². The minimum absolute atomic E-state index is 0.283. The van der Waals surface area contributed by atoms with Crippen LogP contribution < -0.4 is 0 Å². The van der Waals surface area contributed by atoms with Crippen LogP contribution in [0.2, 0.25) is 0 Å². The number of nitrogens with zero attached hydrogens (tertiary/aromatic N) is 2. The van der Waals surface area contributed by atoms with Crippen LogP contribution >= 0.6 is 0 Å². The monoisotopic (exact) mass is 384 g/mol. The number of rotatable bonds is 5. The van der Waals surface area contributed by atoms with Gasteiger partial charge in [-0.15, -0.1) is 0 Å². The minimum Gasteiger partial charge on any atom is -0.339 e. The Kier molecular flexibility index (Phi) is 6.54.